The Kier molecular flexibility index (Phi) is 4.74. The minimum absolute atomic E-state index is 0. The molecule has 80 valence electrons. The van der Waals surface area contributed by atoms with Gasteiger partial charge < -0.3 is 5.32 Å². The summed E-state index contributed by atoms with van der Waals surface area (Å²) >= 11 is 2.85. The second-order valence-corrected chi connectivity index (χ2v) is 3.30. The first-order valence-corrected chi connectivity index (χ1v) is 4.29. The molecule has 0 aromatic heterocycles. The molecule has 0 amide bonds. The standard InChI is InChI=1S/C8H7BrF3N.ClH/c1-13-5-2-3-7(9)6(4-5)8(10,11)12;/h2-4,13H,1H3;1H. The van der Waals surface area contributed by atoms with E-state index >= 15 is 0 Å². The zero-order valence-electron chi connectivity index (χ0n) is 7.15. The Bertz CT molecular complexity index is 314. The van der Waals surface area contributed by atoms with E-state index in [1.54, 1.807) is 13.1 Å². The van der Waals surface area contributed by atoms with E-state index in [2.05, 4.69) is 21.2 Å². The monoisotopic (exact) mass is 289 g/mol. The fourth-order valence-corrected chi connectivity index (χ4v) is 1.37. The molecule has 1 aromatic carbocycles. The van der Waals surface area contributed by atoms with E-state index in [9.17, 15) is 13.2 Å². The normalized spacial score (nSPS) is 10.6. The summed E-state index contributed by atoms with van der Waals surface area (Å²) in [6, 6.07) is 4.00. The lowest BCUT2D eigenvalue weighted by molar-refractivity contribution is -0.138. The number of nitrogens with one attached hydrogen (secondary N) is 1. The molecule has 1 N–H and O–H groups in total. The molecule has 0 fully saturated rings. The summed E-state index contributed by atoms with van der Waals surface area (Å²) in [5, 5.41) is 2.65. The number of halogens is 5. The van der Waals surface area contributed by atoms with E-state index in [-0.39, 0.29) is 16.9 Å². The van der Waals surface area contributed by atoms with E-state index in [0.717, 1.165) is 6.07 Å². The number of benzene rings is 1. The van der Waals surface area contributed by atoms with Gasteiger partial charge in [0, 0.05) is 17.2 Å². The molecule has 0 saturated heterocycles. The van der Waals surface area contributed by atoms with Crippen LogP contribution in [-0.4, -0.2) is 7.05 Å². The summed E-state index contributed by atoms with van der Waals surface area (Å²) in [4.78, 5) is 0. The van der Waals surface area contributed by atoms with E-state index in [1.807, 2.05) is 0 Å². The Morgan fingerprint density at radius 1 is 1.29 bits per heavy atom. The van der Waals surface area contributed by atoms with Crippen LogP contribution in [0.2, 0.25) is 0 Å². The number of alkyl halides is 3. The highest BCUT2D eigenvalue weighted by Crippen LogP contribution is 2.36. The van der Waals surface area contributed by atoms with E-state index in [0.29, 0.717) is 5.69 Å². The topological polar surface area (TPSA) is 12.0 Å². The van der Waals surface area contributed by atoms with Gasteiger partial charge in [0.25, 0.3) is 0 Å². The van der Waals surface area contributed by atoms with Gasteiger partial charge in [0.2, 0.25) is 0 Å². The molecule has 0 aliphatic heterocycles. The average molecular weight is 291 g/mol. The average Bonchev–Trinajstić information content (AvgIpc) is 2.03. The molecule has 0 spiro atoms. The highest BCUT2D eigenvalue weighted by atomic mass is 79.9. The quantitative estimate of drug-likeness (QED) is 0.826. The molecule has 0 radical (unpaired) electrons. The molecule has 1 rings (SSSR count). The van der Waals surface area contributed by atoms with Crippen LogP contribution < -0.4 is 5.32 Å². The molecule has 0 saturated carbocycles. The highest BCUT2D eigenvalue weighted by Gasteiger charge is 2.32. The van der Waals surface area contributed by atoms with Crippen molar-refractivity contribution in [2.45, 2.75) is 6.18 Å². The van der Waals surface area contributed by atoms with Crippen LogP contribution in [0.15, 0.2) is 22.7 Å². The molecule has 0 bridgehead atoms. The zero-order chi connectivity index (χ0) is 10.1. The van der Waals surface area contributed by atoms with Crippen LogP contribution in [0.1, 0.15) is 5.56 Å². The molecule has 14 heavy (non-hydrogen) atoms. The molecular formula is C8H8BrClF3N. The number of hydrogen-bond acceptors (Lipinski definition) is 1. The first-order chi connectivity index (χ1) is 5.95. The maximum Gasteiger partial charge on any atom is 0.417 e. The van der Waals surface area contributed by atoms with Gasteiger partial charge in [-0.05, 0) is 18.2 Å². The molecule has 0 unspecified atom stereocenters. The van der Waals surface area contributed by atoms with Crippen molar-refractivity contribution in [1.29, 1.82) is 0 Å². The van der Waals surface area contributed by atoms with Crippen molar-refractivity contribution in [3.63, 3.8) is 0 Å². The SMILES string of the molecule is CNc1ccc(Br)c(C(F)(F)F)c1.Cl. The van der Waals surface area contributed by atoms with Crippen molar-refractivity contribution in [1.82, 2.24) is 0 Å². The Balaban J connectivity index is 0.00000169. The van der Waals surface area contributed by atoms with Gasteiger partial charge in [0.05, 0.1) is 5.56 Å². The largest absolute Gasteiger partial charge is 0.417 e. The van der Waals surface area contributed by atoms with Crippen molar-refractivity contribution in [3.05, 3.63) is 28.2 Å². The van der Waals surface area contributed by atoms with E-state index in [4.69, 9.17) is 0 Å². The van der Waals surface area contributed by atoms with Gasteiger partial charge in [-0.3, -0.25) is 0 Å². The highest BCUT2D eigenvalue weighted by molar-refractivity contribution is 9.10. The predicted molar refractivity (Wildman–Crippen MR) is 55.9 cm³/mol. The molecule has 0 aliphatic rings. The first kappa shape index (κ1) is 13.6. The third-order valence-electron chi connectivity index (χ3n) is 1.56. The van der Waals surface area contributed by atoms with Gasteiger partial charge in [0.15, 0.2) is 0 Å². The fourth-order valence-electron chi connectivity index (χ4n) is 0.898. The van der Waals surface area contributed by atoms with Crippen LogP contribution in [0.4, 0.5) is 18.9 Å². The summed E-state index contributed by atoms with van der Waals surface area (Å²) in [7, 11) is 1.57. The lowest BCUT2D eigenvalue weighted by atomic mass is 10.2. The van der Waals surface area contributed by atoms with Gasteiger partial charge in [-0.25, -0.2) is 0 Å². The number of rotatable bonds is 1. The molecule has 0 heterocycles. The Morgan fingerprint density at radius 3 is 2.29 bits per heavy atom. The molecular weight excluding hydrogens is 282 g/mol. The molecule has 6 heteroatoms. The van der Waals surface area contributed by atoms with Crippen LogP contribution in [0.25, 0.3) is 0 Å². The van der Waals surface area contributed by atoms with Crippen LogP contribution in [0.3, 0.4) is 0 Å². The number of anilines is 1. The lowest BCUT2D eigenvalue weighted by Crippen LogP contribution is -2.06. The van der Waals surface area contributed by atoms with Gasteiger partial charge in [-0.15, -0.1) is 12.4 Å². The van der Waals surface area contributed by atoms with Crippen LogP contribution in [0.5, 0.6) is 0 Å². The smallest absolute Gasteiger partial charge is 0.388 e. The van der Waals surface area contributed by atoms with Crippen molar-refractivity contribution in [3.8, 4) is 0 Å². The van der Waals surface area contributed by atoms with Gasteiger partial charge in [0.1, 0.15) is 0 Å². The van der Waals surface area contributed by atoms with Gasteiger partial charge in [-0.2, -0.15) is 13.2 Å². The van der Waals surface area contributed by atoms with Crippen LogP contribution in [0, 0.1) is 0 Å². The summed E-state index contributed by atoms with van der Waals surface area (Å²) in [5.41, 5.74) is -0.227. The van der Waals surface area contributed by atoms with Crippen molar-refractivity contribution in [2.75, 3.05) is 12.4 Å². The lowest BCUT2D eigenvalue weighted by Gasteiger charge is -2.10. The molecule has 1 nitrogen and oxygen atoms in total. The van der Waals surface area contributed by atoms with Crippen LogP contribution in [-0.2, 0) is 6.18 Å². The van der Waals surface area contributed by atoms with Gasteiger partial charge in [-0.1, -0.05) is 15.9 Å². The second kappa shape index (κ2) is 4.89. The van der Waals surface area contributed by atoms with Gasteiger partial charge >= 0.3 is 6.18 Å². The maximum absolute atomic E-state index is 12.3. The van der Waals surface area contributed by atoms with Crippen molar-refractivity contribution in [2.24, 2.45) is 0 Å². The molecule has 0 atom stereocenters. The summed E-state index contributed by atoms with van der Waals surface area (Å²) in [6.45, 7) is 0. The zero-order valence-corrected chi connectivity index (χ0v) is 9.55. The minimum Gasteiger partial charge on any atom is -0.388 e. The summed E-state index contributed by atoms with van der Waals surface area (Å²) < 4.78 is 37.0. The fraction of sp³-hybridized carbons (Fsp3) is 0.250. The second-order valence-electron chi connectivity index (χ2n) is 2.44. The Labute approximate surface area is 94.2 Å². The Hall–Kier alpha value is -0.420. The third kappa shape index (κ3) is 3.06. The molecule has 0 aliphatic carbocycles. The van der Waals surface area contributed by atoms with E-state index in [1.165, 1.54) is 6.07 Å². The minimum atomic E-state index is -4.31. The predicted octanol–water partition coefficient (Wildman–Crippen LogP) is 3.93. The summed E-state index contributed by atoms with van der Waals surface area (Å²) in [5.74, 6) is 0. The van der Waals surface area contributed by atoms with Crippen molar-refractivity contribution < 1.29 is 13.2 Å². The van der Waals surface area contributed by atoms with E-state index < -0.39 is 11.7 Å². The summed E-state index contributed by atoms with van der Waals surface area (Å²) in [6.07, 6.45) is -4.31. The van der Waals surface area contributed by atoms with Crippen LogP contribution >= 0.6 is 28.3 Å². The third-order valence-corrected chi connectivity index (χ3v) is 2.25. The number of hydrogen-bond donors (Lipinski definition) is 1. The Morgan fingerprint density at radius 2 is 1.86 bits per heavy atom. The van der Waals surface area contributed by atoms with Crippen molar-refractivity contribution >= 4 is 34.0 Å². The maximum atomic E-state index is 12.3. The molecule has 1 aromatic rings. The first-order valence-electron chi connectivity index (χ1n) is 3.49.